The highest BCUT2D eigenvalue weighted by atomic mass is 19.4. The number of carbonyl (C=O) groups is 1. The molecule has 1 fully saturated rings. The summed E-state index contributed by atoms with van der Waals surface area (Å²) in [6, 6.07) is 0.0441. The van der Waals surface area contributed by atoms with E-state index < -0.39 is 18.8 Å². The van der Waals surface area contributed by atoms with Gasteiger partial charge in [-0.1, -0.05) is 0 Å². The zero-order chi connectivity index (χ0) is 14.0. The van der Waals surface area contributed by atoms with Crippen molar-refractivity contribution in [3.63, 3.8) is 0 Å². The Morgan fingerprint density at radius 3 is 2.74 bits per heavy atom. The zero-order valence-corrected chi connectivity index (χ0v) is 10.2. The number of carbonyl (C=O) groups excluding carboxylic acids is 1. The van der Waals surface area contributed by atoms with E-state index in [9.17, 15) is 18.0 Å². The molecule has 0 spiro atoms. The Labute approximate surface area is 107 Å². The molecule has 0 unspecified atom stereocenters. The van der Waals surface area contributed by atoms with Crippen molar-refractivity contribution in [1.82, 2.24) is 9.78 Å². The highest BCUT2D eigenvalue weighted by Crippen LogP contribution is 2.37. The van der Waals surface area contributed by atoms with Crippen molar-refractivity contribution in [2.45, 2.75) is 32.0 Å². The normalized spacial score (nSPS) is 15.4. The molecule has 5 nitrogen and oxygen atoms in total. The Kier molecular flexibility index (Phi) is 3.68. The Hall–Kier alpha value is -1.73. The van der Waals surface area contributed by atoms with Gasteiger partial charge in [-0.3, -0.25) is 4.68 Å². The summed E-state index contributed by atoms with van der Waals surface area (Å²) in [5, 5.41) is 3.91. The summed E-state index contributed by atoms with van der Waals surface area (Å²) < 4.78 is 47.2. The van der Waals surface area contributed by atoms with Crippen molar-refractivity contribution in [1.29, 1.82) is 0 Å². The number of ether oxygens (including phenoxy) is 2. The van der Waals surface area contributed by atoms with Crippen LogP contribution in [-0.4, -0.2) is 35.1 Å². The van der Waals surface area contributed by atoms with E-state index in [1.54, 1.807) is 6.92 Å². The van der Waals surface area contributed by atoms with Gasteiger partial charge in [0.05, 0.1) is 18.8 Å². The first-order valence-electron chi connectivity index (χ1n) is 5.86. The first kappa shape index (κ1) is 13.7. The molecular formula is C11H13F3N2O3. The molecule has 1 aliphatic rings. The number of hydrogen-bond donors (Lipinski definition) is 0. The van der Waals surface area contributed by atoms with Gasteiger partial charge in [0.15, 0.2) is 18.1 Å². The van der Waals surface area contributed by atoms with Crippen LogP contribution >= 0.6 is 0 Å². The second-order valence-electron chi connectivity index (χ2n) is 4.16. The lowest BCUT2D eigenvalue weighted by Gasteiger charge is -2.10. The maximum absolute atomic E-state index is 12.1. The third-order valence-corrected chi connectivity index (χ3v) is 2.51. The van der Waals surface area contributed by atoms with Gasteiger partial charge < -0.3 is 9.47 Å². The molecule has 19 heavy (non-hydrogen) atoms. The summed E-state index contributed by atoms with van der Waals surface area (Å²) in [7, 11) is 0. The van der Waals surface area contributed by atoms with E-state index in [2.05, 4.69) is 9.84 Å². The molecule has 0 saturated heterocycles. The average Bonchev–Trinajstić information content (AvgIpc) is 3.06. The van der Waals surface area contributed by atoms with Gasteiger partial charge in [0.2, 0.25) is 0 Å². The maximum Gasteiger partial charge on any atom is 0.422 e. The molecule has 1 aliphatic carbocycles. The number of aromatic nitrogens is 2. The van der Waals surface area contributed by atoms with E-state index in [0.29, 0.717) is 0 Å². The smallest absolute Gasteiger partial charge is 0.422 e. The van der Waals surface area contributed by atoms with Crippen molar-refractivity contribution in [3.05, 3.63) is 11.9 Å². The Morgan fingerprint density at radius 1 is 1.53 bits per heavy atom. The van der Waals surface area contributed by atoms with Crippen molar-refractivity contribution in [2.75, 3.05) is 13.2 Å². The van der Waals surface area contributed by atoms with Gasteiger partial charge in [0, 0.05) is 0 Å². The van der Waals surface area contributed by atoms with Gasteiger partial charge in [-0.2, -0.15) is 18.3 Å². The number of rotatable bonds is 5. The standard InChI is InChI=1S/C11H13F3N2O3/c1-2-18-10(17)9-8(19-6-11(12,13)14)5-15-16(9)7-3-4-7/h5,7H,2-4,6H2,1H3. The van der Waals surface area contributed by atoms with Crippen molar-refractivity contribution >= 4 is 5.97 Å². The summed E-state index contributed by atoms with van der Waals surface area (Å²) >= 11 is 0. The molecule has 0 bridgehead atoms. The Morgan fingerprint density at radius 2 is 2.21 bits per heavy atom. The second kappa shape index (κ2) is 5.10. The van der Waals surface area contributed by atoms with E-state index in [4.69, 9.17) is 4.74 Å². The second-order valence-corrected chi connectivity index (χ2v) is 4.16. The Balaban J connectivity index is 2.20. The zero-order valence-electron chi connectivity index (χ0n) is 10.2. The fraction of sp³-hybridized carbons (Fsp3) is 0.636. The minimum absolute atomic E-state index is 0.0441. The van der Waals surface area contributed by atoms with Crippen LogP contribution in [0.1, 0.15) is 36.3 Å². The average molecular weight is 278 g/mol. The quantitative estimate of drug-likeness (QED) is 0.776. The van der Waals surface area contributed by atoms with Crippen molar-refractivity contribution < 1.29 is 27.4 Å². The SMILES string of the molecule is CCOC(=O)c1c(OCC(F)(F)F)cnn1C1CC1. The van der Waals surface area contributed by atoms with Gasteiger partial charge in [-0.05, 0) is 19.8 Å². The maximum atomic E-state index is 12.1. The highest BCUT2D eigenvalue weighted by molar-refractivity contribution is 5.90. The minimum atomic E-state index is -4.46. The van der Waals surface area contributed by atoms with Gasteiger partial charge in [-0.25, -0.2) is 4.79 Å². The predicted octanol–water partition coefficient (Wildman–Crippen LogP) is 2.34. The Bertz CT molecular complexity index is 466. The fourth-order valence-electron chi connectivity index (χ4n) is 1.60. The lowest BCUT2D eigenvalue weighted by Crippen LogP contribution is -2.21. The molecule has 1 heterocycles. The molecule has 0 radical (unpaired) electrons. The van der Waals surface area contributed by atoms with E-state index in [0.717, 1.165) is 19.0 Å². The number of hydrogen-bond acceptors (Lipinski definition) is 4. The van der Waals surface area contributed by atoms with Crippen LogP contribution in [0.15, 0.2) is 6.20 Å². The van der Waals surface area contributed by atoms with Crippen molar-refractivity contribution in [3.8, 4) is 5.75 Å². The fourth-order valence-corrected chi connectivity index (χ4v) is 1.60. The van der Waals surface area contributed by atoms with Crippen LogP contribution in [0.4, 0.5) is 13.2 Å². The molecule has 0 amide bonds. The van der Waals surface area contributed by atoms with E-state index >= 15 is 0 Å². The van der Waals surface area contributed by atoms with Crippen LogP contribution < -0.4 is 4.74 Å². The summed E-state index contributed by atoms with van der Waals surface area (Å²) in [6.45, 7) is 0.287. The summed E-state index contributed by atoms with van der Waals surface area (Å²) in [6.07, 6.45) is -1.66. The molecule has 2 rings (SSSR count). The van der Waals surface area contributed by atoms with Crippen LogP contribution in [-0.2, 0) is 4.74 Å². The van der Waals surface area contributed by atoms with Crippen LogP contribution in [0.5, 0.6) is 5.75 Å². The van der Waals surface area contributed by atoms with Crippen LogP contribution in [0, 0.1) is 0 Å². The lowest BCUT2D eigenvalue weighted by molar-refractivity contribution is -0.153. The number of halogens is 3. The number of nitrogens with zero attached hydrogens (tertiary/aromatic N) is 2. The molecular weight excluding hydrogens is 265 g/mol. The molecule has 1 aromatic rings. The van der Waals surface area contributed by atoms with Crippen LogP contribution in [0.3, 0.4) is 0 Å². The van der Waals surface area contributed by atoms with Crippen molar-refractivity contribution in [2.24, 2.45) is 0 Å². The first-order chi connectivity index (χ1) is 8.92. The number of esters is 1. The van der Waals surface area contributed by atoms with Crippen LogP contribution in [0.2, 0.25) is 0 Å². The largest absolute Gasteiger partial charge is 0.480 e. The van der Waals surface area contributed by atoms with Gasteiger partial charge in [0.1, 0.15) is 0 Å². The predicted molar refractivity (Wildman–Crippen MR) is 58.0 cm³/mol. The van der Waals surface area contributed by atoms with Crippen LogP contribution in [0.25, 0.3) is 0 Å². The first-order valence-corrected chi connectivity index (χ1v) is 5.86. The minimum Gasteiger partial charge on any atom is -0.480 e. The van der Waals surface area contributed by atoms with E-state index in [1.807, 2.05) is 0 Å². The topological polar surface area (TPSA) is 53.4 Å². The van der Waals surface area contributed by atoms with Gasteiger partial charge >= 0.3 is 12.1 Å². The molecule has 0 N–H and O–H groups in total. The molecule has 0 aliphatic heterocycles. The van der Waals surface area contributed by atoms with E-state index in [1.165, 1.54) is 4.68 Å². The summed E-state index contributed by atoms with van der Waals surface area (Å²) in [4.78, 5) is 11.8. The van der Waals surface area contributed by atoms with Gasteiger partial charge in [-0.15, -0.1) is 0 Å². The monoisotopic (exact) mass is 278 g/mol. The third kappa shape index (κ3) is 3.39. The molecule has 8 heteroatoms. The van der Waals surface area contributed by atoms with Gasteiger partial charge in [0.25, 0.3) is 0 Å². The molecule has 106 valence electrons. The highest BCUT2D eigenvalue weighted by Gasteiger charge is 2.34. The number of alkyl halides is 3. The molecule has 0 atom stereocenters. The van der Waals surface area contributed by atoms with E-state index in [-0.39, 0.29) is 24.1 Å². The molecule has 0 aromatic carbocycles. The summed E-state index contributed by atoms with van der Waals surface area (Å²) in [5.74, 6) is -0.910. The lowest BCUT2D eigenvalue weighted by atomic mass is 10.4. The molecule has 1 saturated carbocycles. The molecule has 1 aromatic heterocycles. The third-order valence-electron chi connectivity index (χ3n) is 2.51. The summed E-state index contributed by atoms with van der Waals surface area (Å²) in [5.41, 5.74) is -0.0476.